The second-order valence-corrected chi connectivity index (χ2v) is 6.33. The highest BCUT2D eigenvalue weighted by atomic mass is 16.5. The number of rotatable bonds is 8. The molecule has 26 heavy (non-hydrogen) atoms. The van der Waals surface area contributed by atoms with E-state index in [1.165, 1.54) is 11.1 Å². The molecule has 0 bridgehead atoms. The monoisotopic (exact) mass is 347 g/mol. The average Bonchev–Trinajstić information content (AvgIpc) is 2.72. The van der Waals surface area contributed by atoms with Crippen LogP contribution in [0.15, 0.2) is 78.9 Å². The molecule has 3 nitrogen and oxygen atoms in total. The van der Waals surface area contributed by atoms with E-state index >= 15 is 0 Å². The van der Waals surface area contributed by atoms with Crippen molar-refractivity contribution < 1.29 is 9.47 Å². The zero-order valence-corrected chi connectivity index (χ0v) is 15.1. The summed E-state index contributed by atoms with van der Waals surface area (Å²) in [5.74, 6) is 2.01. The Labute approximate surface area is 155 Å². The SMILES string of the molecule is COc1cccc(C(CN)Cc2ccc(OCc3ccccc3)cc2)c1. The summed E-state index contributed by atoms with van der Waals surface area (Å²) >= 11 is 0. The Balaban J connectivity index is 1.62. The lowest BCUT2D eigenvalue weighted by Gasteiger charge is -2.16. The minimum absolute atomic E-state index is 0.265. The Morgan fingerprint density at radius 3 is 2.27 bits per heavy atom. The normalized spacial score (nSPS) is 11.8. The fourth-order valence-corrected chi connectivity index (χ4v) is 2.98. The van der Waals surface area contributed by atoms with Crippen LogP contribution in [0.25, 0.3) is 0 Å². The quantitative estimate of drug-likeness (QED) is 0.650. The molecule has 1 unspecified atom stereocenters. The Hall–Kier alpha value is -2.78. The molecule has 1 atom stereocenters. The van der Waals surface area contributed by atoms with Crippen LogP contribution in [0.2, 0.25) is 0 Å². The van der Waals surface area contributed by atoms with E-state index in [9.17, 15) is 0 Å². The van der Waals surface area contributed by atoms with Gasteiger partial charge in [-0.3, -0.25) is 0 Å². The third kappa shape index (κ3) is 4.87. The molecule has 0 heterocycles. The molecule has 0 aliphatic heterocycles. The molecule has 3 rings (SSSR count). The fraction of sp³-hybridized carbons (Fsp3) is 0.217. The summed E-state index contributed by atoms with van der Waals surface area (Å²) in [6.07, 6.45) is 0.892. The summed E-state index contributed by atoms with van der Waals surface area (Å²) in [6, 6.07) is 26.6. The van der Waals surface area contributed by atoms with E-state index in [0.717, 1.165) is 23.5 Å². The first kappa shape index (κ1) is 18.0. The van der Waals surface area contributed by atoms with Gasteiger partial charge in [-0.05, 0) is 53.9 Å². The van der Waals surface area contributed by atoms with E-state index in [-0.39, 0.29) is 5.92 Å². The van der Waals surface area contributed by atoms with Crippen molar-refractivity contribution in [1.82, 2.24) is 0 Å². The van der Waals surface area contributed by atoms with Crippen LogP contribution < -0.4 is 15.2 Å². The highest BCUT2D eigenvalue weighted by Gasteiger charge is 2.12. The van der Waals surface area contributed by atoms with Crippen molar-refractivity contribution in [2.45, 2.75) is 18.9 Å². The molecule has 3 heteroatoms. The number of methoxy groups -OCH3 is 1. The molecule has 134 valence electrons. The van der Waals surface area contributed by atoms with Crippen molar-refractivity contribution >= 4 is 0 Å². The number of hydrogen-bond donors (Lipinski definition) is 1. The summed E-state index contributed by atoms with van der Waals surface area (Å²) < 4.78 is 11.2. The zero-order chi connectivity index (χ0) is 18.2. The largest absolute Gasteiger partial charge is 0.497 e. The highest BCUT2D eigenvalue weighted by Crippen LogP contribution is 2.25. The molecule has 0 aliphatic rings. The van der Waals surface area contributed by atoms with Gasteiger partial charge in [-0.2, -0.15) is 0 Å². The van der Waals surface area contributed by atoms with Gasteiger partial charge in [0.1, 0.15) is 18.1 Å². The van der Waals surface area contributed by atoms with Crippen molar-refractivity contribution in [2.24, 2.45) is 5.73 Å². The van der Waals surface area contributed by atoms with E-state index in [4.69, 9.17) is 15.2 Å². The van der Waals surface area contributed by atoms with Crippen molar-refractivity contribution in [3.05, 3.63) is 95.6 Å². The minimum Gasteiger partial charge on any atom is -0.497 e. The van der Waals surface area contributed by atoms with Gasteiger partial charge >= 0.3 is 0 Å². The number of hydrogen-bond acceptors (Lipinski definition) is 3. The van der Waals surface area contributed by atoms with E-state index in [1.807, 2.05) is 42.5 Å². The van der Waals surface area contributed by atoms with Gasteiger partial charge in [-0.25, -0.2) is 0 Å². The molecule has 0 amide bonds. The maximum Gasteiger partial charge on any atom is 0.119 e. The summed E-state index contributed by atoms with van der Waals surface area (Å²) in [6.45, 7) is 1.18. The van der Waals surface area contributed by atoms with Crippen LogP contribution in [0.5, 0.6) is 11.5 Å². The lowest BCUT2D eigenvalue weighted by Crippen LogP contribution is -2.15. The summed E-state index contributed by atoms with van der Waals surface area (Å²) in [4.78, 5) is 0. The topological polar surface area (TPSA) is 44.5 Å². The third-order valence-electron chi connectivity index (χ3n) is 4.50. The van der Waals surface area contributed by atoms with Crippen LogP contribution in [0.4, 0.5) is 0 Å². The molecule has 3 aromatic carbocycles. The Morgan fingerprint density at radius 1 is 0.808 bits per heavy atom. The van der Waals surface area contributed by atoms with Crippen molar-refractivity contribution in [3.63, 3.8) is 0 Å². The lowest BCUT2D eigenvalue weighted by atomic mass is 9.92. The van der Waals surface area contributed by atoms with Gasteiger partial charge in [0.05, 0.1) is 7.11 Å². The van der Waals surface area contributed by atoms with Gasteiger partial charge in [0.2, 0.25) is 0 Å². The van der Waals surface area contributed by atoms with Crippen LogP contribution in [0.1, 0.15) is 22.6 Å². The molecule has 0 saturated carbocycles. The van der Waals surface area contributed by atoms with Gasteiger partial charge in [0, 0.05) is 5.92 Å². The fourth-order valence-electron chi connectivity index (χ4n) is 2.98. The standard InChI is InChI=1S/C23H25NO2/c1-25-23-9-5-8-20(15-23)21(16-24)14-18-10-12-22(13-11-18)26-17-19-6-3-2-4-7-19/h2-13,15,21H,14,16-17,24H2,1H3. The summed E-state index contributed by atoms with van der Waals surface area (Å²) in [7, 11) is 1.69. The maximum atomic E-state index is 6.02. The number of nitrogens with two attached hydrogens (primary N) is 1. The number of benzene rings is 3. The Bertz CT molecular complexity index is 800. The molecule has 0 spiro atoms. The van der Waals surface area contributed by atoms with Crippen LogP contribution >= 0.6 is 0 Å². The second kappa shape index (κ2) is 9.07. The predicted octanol–water partition coefficient (Wildman–Crippen LogP) is 4.56. The first-order valence-corrected chi connectivity index (χ1v) is 8.88. The molecule has 0 saturated heterocycles. The minimum atomic E-state index is 0.265. The first-order chi connectivity index (χ1) is 12.8. The van der Waals surface area contributed by atoms with Crippen molar-refractivity contribution in [1.29, 1.82) is 0 Å². The van der Waals surface area contributed by atoms with Gasteiger partial charge in [0.15, 0.2) is 0 Å². The molecular formula is C23H25NO2. The molecule has 0 fully saturated rings. The van der Waals surface area contributed by atoms with Crippen LogP contribution in [0, 0.1) is 0 Å². The molecule has 0 aromatic heterocycles. The molecule has 0 aliphatic carbocycles. The summed E-state index contributed by atoms with van der Waals surface area (Å²) in [5, 5.41) is 0. The maximum absolute atomic E-state index is 6.02. The van der Waals surface area contributed by atoms with Crippen molar-refractivity contribution in [2.75, 3.05) is 13.7 Å². The lowest BCUT2D eigenvalue weighted by molar-refractivity contribution is 0.306. The van der Waals surface area contributed by atoms with Gasteiger partial charge in [0.25, 0.3) is 0 Å². The van der Waals surface area contributed by atoms with E-state index in [1.54, 1.807) is 7.11 Å². The first-order valence-electron chi connectivity index (χ1n) is 8.88. The average molecular weight is 347 g/mol. The third-order valence-corrected chi connectivity index (χ3v) is 4.50. The van der Waals surface area contributed by atoms with E-state index in [0.29, 0.717) is 13.2 Å². The van der Waals surface area contributed by atoms with Crippen molar-refractivity contribution in [3.8, 4) is 11.5 Å². The molecule has 2 N–H and O–H groups in total. The van der Waals surface area contributed by atoms with Gasteiger partial charge in [-0.15, -0.1) is 0 Å². The predicted molar refractivity (Wildman–Crippen MR) is 106 cm³/mol. The molecular weight excluding hydrogens is 322 g/mol. The Kier molecular flexibility index (Phi) is 6.29. The van der Waals surface area contributed by atoms with E-state index in [2.05, 4.69) is 36.4 Å². The van der Waals surface area contributed by atoms with Gasteiger partial charge in [-0.1, -0.05) is 54.6 Å². The number of ether oxygens (including phenoxy) is 2. The summed E-state index contributed by atoms with van der Waals surface area (Å²) in [5.41, 5.74) is 9.64. The van der Waals surface area contributed by atoms with Crippen LogP contribution in [-0.2, 0) is 13.0 Å². The van der Waals surface area contributed by atoms with E-state index < -0.39 is 0 Å². The van der Waals surface area contributed by atoms with Crippen LogP contribution in [-0.4, -0.2) is 13.7 Å². The van der Waals surface area contributed by atoms with Gasteiger partial charge < -0.3 is 15.2 Å². The molecule has 3 aromatic rings. The zero-order valence-electron chi connectivity index (χ0n) is 15.1. The van der Waals surface area contributed by atoms with Crippen LogP contribution in [0.3, 0.4) is 0 Å². The highest BCUT2D eigenvalue weighted by molar-refractivity contribution is 5.34. The Morgan fingerprint density at radius 2 is 1.58 bits per heavy atom. The smallest absolute Gasteiger partial charge is 0.119 e. The second-order valence-electron chi connectivity index (χ2n) is 6.33. The molecule has 0 radical (unpaired) electrons.